The van der Waals surface area contributed by atoms with Crippen molar-refractivity contribution in [1.29, 1.82) is 0 Å². The highest BCUT2D eigenvalue weighted by molar-refractivity contribution is 5.74. The van der Waals surface area contributed by atoms with Crippen LogP contribution in [0.3, 0.4) is 0 Å². The molecule has 16 heavy (non-hydrogen) atoms. The summed E-state index contributed by atoms with van der Waals surface area (Å²) in [5.74, 6) is 0. The number of urea groups is 1. The van der Waals surface area contributed by atoms with Crippen molar-refractivity contribution in [2.45, 2.75) is 38.8 Å². The molecule has 0 bridgehead atoms. The number of carbonyl (C=O) groups is 1. The average molecular weight is 226 g/mol. The molecule has 1 fully saturated rings. The summed E-state index contributed by atoms with van der Waals surface area (Å²) in [6.45, 7) is 11.6. The lowest BCUT2D eigenvalue weighted by atomic mass is 10.0. The molecule has 1 rings (SSSR count). The number of hydrogen-bond donors (Lipinski definition) is 1. The number of ether oxygens (including phenoxy) is 1. The Labute approximate surface area is 97.6 Å². The summed E-state index contributed by atoms with van der Waals surface area (Å²) in [6, 6.07) is -0.0291. The number of carbonyl (C=O) groups excluding carboxylic acids is 1. The molecule has 4 nitrogen and oxygen atoms in total. The molecule has 1 heterocycles. The van der Waals surface area contributed by atoms with Gasteiger partial charge < -0.3 is 15.0 Å². The Kier molecular flexibility index (Phi) is 4.35. The van der Waals surface area contributed by atoms with Gasteiger partial charge in [-0.15, -0.1) is 6.58 Å². The number of nitrogens with zero attached hydrogens (tertiary/aromatic N) is 1. The second-order valence-corrected chi connectivity index (χ2v) is 4.55. The van der Waals surface area contributed by atoms with E-state index in [0.29, 0.717) is 19.7 Å². The van der Waals surface area contributed by atoms with Crippen molar-refractivity contribution in [2.24, 2.45) is 0 Å². The summed E-state index contributed by atoms with van der Waals surface area (Å²) >= 11 is 0. The summed E-state index contributed by atoms with van der Waals surface area (Å²) in [5.41, 5.74) is -0.201. The van der Waals surface area contributed by atoms with Crippen LogP contribution in [0.15, 0.2) is 12.7 Å². The maximum Gasteiger partial charge on any atom is 0.318 e. The summed E-state index contributed by atoms with van der Waals surface area (Å²) in [5, 5.41) is 2.87. The first kappa shape index (κ1) is 13.0. The third-order valence-corrected chi connectivity index (χ3v) is 3.08. The number of morpholine rings is 1. The van der Waals surface area contributed by atoms with E-state index >= 15 is 0 Å². The first-order chi connectivity index (χ1) is 7.50. The first-order valence-electron chi connectivity index (χ1n) is 5.82. The molecule has 0 aromatic heterocycles. The Bertz CT molecular complexity index is 268. The lowest BCUT2D eigenvalue weighted by Gasteiger charge is -2.40. The SMILES string of the molecule is C=C[C@H](C)NC(=O)N1CCO[C@@](C)(CC)C1. The van der Waals surface area contributed by atoms with E-state index in [1.54, 1.807) is 6.08 Å². The summed E-state index contributed by atoms with van der Waals surface area (Å²) < 4.78 is 5.68. The monoisotopic (exact) mass is 226 g/mol. The molecule has 1 N–H and O–H groups in total. The standard InChI is InChI=1S/C12H22N2O2/c1-5-10(3)13-11(15)14-7-8-16-12(4,6-2)9-14/h5,10H,1,6-9H2,2-4H3,(H,13,15)/t10-,12-/m0/s1. The third-order valence-electron chi connectivity index (χ3n) is 3.08. The number of hydrogen-bond acceptors (Lipinski definition) is 2. The molecule has 1 saturated heterocycles. The van der Waals surface area contributed by atoms with Crippen molar-refractivity contribution in [1.82, 2.24) is 10.2 Å². The second-order valence-electron chi connectivity index (χ2n) is 4.55. The van der Waals surface area contributed by atoms with Crippen LogP contribution in [-0.4, -0.2) is 42.3 Å². The van der Waals surface area contributed by atoms with E-state index in [4.69, 9.17) is 4.74 Å². The molecule has 2 amide bonds. The minimum Gasteiger partial charge on any atom is -0.372 e. The lowest BCUT2D eigenvalue weighted by Crippen LogP contribution is -2.55. The zero-order valence-electron chi connectivity index (χ0n) is 10.5. The molecule has 92 valence electrons. The Balaban J connectivity index is 2.53. The Hall–Kier alpha value is -1.03. The van der Waals surface area contributed by atoms with Gasteiger partial charge in [-0.3, -0.25) is 0 Å². The van der Waals surface area contributed by atoms with Gasteiger partial charge in [-0.2, -0.15) is 0 Å². The fourth-order valence-electron chi connectivity index (χ4n) is 1.66. The zero-order chi connectivity index (χ0) is 12.2. The summed E-state index contributed by atoms with van der Waals surface area (Å²) in [7, 11) is 0. The Morgan fingerprint density at radius 1 is 1.75 bits per heavy atom. The number of rotatable bonds is 3. The van der Waals surface area contributed by atoms with Gasteiger partial charge >= 0.3 is 6.03 Å². The number of nitrogens with one attached hydrogen (secondary N) is 1. The van der Waals surface area contributed by atoms with Gasteiger partial charge in [0, 0.05) is 12.6 Å². The highest BCUT2D eigenvalue weighted by atomic mass is 16.5. The van der Waals surface area contributed by atoms with Gasteiger partial charge in [-0.1, -0.05) is 13.0 Å². The maximum atomic E-state index is 11.9. The molecule has 0 aliphatic carbocycles. The minimum atomic E-state index is -0.201. The van der Waals surface area contributed by atoms with Gasteiger partial charge in [0.2, 0.25) is 0 Å². The van der Waals surface area contributed by atoms with Crippen LogP contribution < -0.4 is 5.32 Å². The van der Waals surface area contributed by atoms with E-state index in [0.717, 1.165) is 6.42 Å². The van der Waals surface area contributed by atoms with Crippen molar-refractivity contribution in [3.8, 4) is 0 Å². The van der Waals surface area contributed by atoms with E-state index in [9.17, 15) is 4.79 Å². The van der Waals surface area contributed by atoms with Crippen LogP contribution in [0, 0.1) is 0 Å². The van der Waals surface area contributed by atoms with Crippen molar-refractivity contribution < 1.29 is 9.53 Å². The molecule has 4 heteroatoms. The number of amides is 2. The van der Waals surface area contributed by atoms with E-state index in [-0.39, 0.29) is 17.7 Å². The molecule has 0 saturated carbocycles. The quantitative estimate of drug-likeness (QED) is 0.745. The molecule has 0 radical (unpaired) electrons. The molecular formula is C12H22N2O2. The molecule has 0 aromatic carbocycles. The van der Waals surface area contributed by atoms with Crippen molar-refractivity contribution in [2.75, 3.05) is 19.7 Å². The zero-order valence-corrected chi connectivity index (χ0v) is 10.5. The van der Waals surface area contributed by atoms with Crippen molar-refractivity contribution in [3.05, 3.63) is 12.7 Å². The van der Waals surface area contributed by atoms with Crippen LogP contribution in [-0.2, 0) is 4.74 Å². The largest absolute Gasteiger partial charge is 0.372 e. The van der Waals surface area contributed by atoms with Gasteiger partial charge in [-0.05, 0) is 20.3 Å². The van der Waals surface area contributed by atoms with E-state index in [2.05, 4.69) is 18.8 Å². The molecule has 1 aliphatic heterocycles. The fourth-order valence-corrected chi connectivity index (χ4v) is 1.66. The summed E-state index contributed by atoms with van der Waals surface area (Å²) in [6.07, 6.45) is 2.63. The second kappa shape index (κ2) is 5.34. The highest BCUT2D eigenvalue weighted by Crippen LogP contribution is 2.20. The predicted molar refractivity (Wildman–Crippen MR) is 64.4 cm³/mol. The van der Waals surface area contributed by atoms with Gasteiger partial charge in [0.15, 0.2) is 0 Å². The van der Waals surface area contributed by atoms with E-state index < -0.39 is 0 Å². The Morgan fingerprint density at radius 2 is 2.44 bits per heavy atom. The van der Waals surface area contributed by atoms with E-state index in [1.807, 2.05) is 18.7 Å². The van der Waals surface area contributed by atoms with Crippen molar-refractivity contribution >= 4 is 6.03 Å². The minimum absolute atomic E-state index is 0.00299. The third kappa shape index (κ3) is 3.23. The lowest BCUT2D eigenvalue weighted by molar-refractivity contribution is -0.0873. The highest BCUT2D eigenvalue weighted by Gasteiger charge is 2.32. The van der Waals surface area contributed by atoms with Crippen LogP contribution in [0.5, 0.6) is 0 Å². The molecule has 2 atom stereocenters. The molecule has 1 aliphatic rings. The van der Waals surface area contributed by atoms with Gasteiger partial charge in [-0.25, -0.2) is 4.79 Å². The van der Waals surface area contributed by atoms with Crippen LogP contribution in [0.25, 0.3) is 0 Å². The average Bonchev–Trinajstić information content (AvgIpc) is 2.29. The summed E-state index contributed by atoms with van der Waals surface area (Å²) in [4.78, 5) is 13.7. The van der Waals surface area contributed by atoms with Crippen LogP contribution in [0.4, 0.5) is 4.79 Å². The first-order valence-corrected chi connectivity index (χ1v) is 5.82. The van der Waals surface area contributed by atoms with Gasteiger partial charge in [0.05, 0.1) is 18.8 Å². The maximum absolute atomic E-state index is 11.9. The van der Waals surface area contributed by atoms with Crippen LogP contribution >= 0.6 is 0 Å². The van der Waals surface area contributed by atoms with E-state index in [1.165, 1.54) is 0 Å². The fraction of sp³-hybridized carbons (Fsp3) is 0.750. The van der Waals surface area contributed by atoms with Gasteiger partial charge in [0.25, 0.3) is 0 Å². The molecule has 0 spiro atoms. The topological polar surface area (TPSA) is 41.6 Å². The van der Waals surface area contributed by atoms with Crippen LogP contribution in [0.1, 0.15) is 27.2 Å². The molecular weight excluding hydrogens is 204 g/mol. The van der Waals surface area contributed by atoms with Crippen molar-refractivity contribution in [3.63, 3.8) is 0 Å². The smallest absolute Gasteiger partial charge is 0.318 e. The molecule has 0 unspecified atom stereocenters. The van der Waals surface area contributed by atoms with Gasteiger partial charge in [0.1, 0.15) is 0 Å². The molecule has 0 aromatic rings. The van der Waals surface area contributed by atoms with Crippen LogP contribution in [0.2, 0.25) is 0 Å². The Morgan fingerprint density at radius 3 is 3.00 bits per heavy atom. The predicted octanol–water partition coefficient (Wildman–Crippen LogP) is 1.77. The normalized spacial score (nSPS) is 27.3.